The number of ketones is 1. The molecule has 0 spiro atoms. The Morgan fingerprint density at radius 2 is 2.17 bits per heavy atom. The van der Waals surface area contributed by atoms with Crippen molar-refractivity contribution in [2.75, 3.05) is 5.75 Å². The van der Waals surface area contributed by atoms with Crippen LogP contribution < -0.4 is 5.56 Å². The molecular weight excluding hydrogens is 332 g/mol. The number of hydrogen-bond acceptors (Lipinski definition) is 5. The molecule has 23 heavy (non-hydrogen) atoms. The van der Waals surface area contributed by atoms with Crippen molar-refractivity contribution in [2.45, 2.75) is 36.6 Å². The van der Waals surface area contributed by atoms with Crippen molar-refractivity contribution in [2.24, 2.45) is 0 Å². The minimum atomic E-state index is -0.215. The lowest BCUT2D eigenvalue weighted by Crippen LogP contribution is -2.17. The quantitative estimate of drug-likeness (QED) is 0.863. The summed E-state index contributed by atoms with van der Waals surface area (Å²) < 4.78 is 1.44. The fourth-order valence-corrected chi connectivity index (χ4v) is 4.53. The molecule has 120 valence electrons. The lowest BCUT2D eigenvalue weighted by atomic mass is 9.98. The normalized spacial score (nSPS) is 13.9. The van der Waals surface area contributed by atoms with E-state index in [0.29, 0.717) is 34.6 Å². The van der Waals surface area contributed by atoms with Gasteiger partial charge in [-0.3, -0.25) is 19.1 Å². The van der Waals surface area contributed by atoms with E-state index >= 15 is 0 Å². The first-order valence-corrected chi connectivity index (χ1v) is 9.13. The Kier molecular flexibility index (Phi) is 4.50. The number of carbonyl (C=O) groups is 2. The number of rotatable bonds is 3. The van der Waals surface area contributed by atoms with E-state index in [9.17, 15) is 14.4 Å². The lowest BCUT2D eigenvalue weighted by Gasteiger charge is -2.18. The van der Waals surface area contributed by atoms with Gasteiger partial charge in [-0.05, 0) is 43.3 Å². The van der Waals surface area contributed by atoms with Gasteiger partial charge >= 0.3 is 0 Å². The van der Waals surface area contributed by atoms with E-state index in [1.807, 2.05) is 13.0 Å². The van der Waals surface area contributed by atoms with Gasteiger partial charge in [-0.2, -0.15) is 0 Å². The Bertz CT molecular complexity index is 851. The summed E-state index contributed by atoms with van der Waals surface area (Å²) in [5, 5.41) is 2.61. The molecule has 0 bridgehead atoms. The monoisotopic (exact) mass is 348 g/mol. The molecule has 0 atom stereocenters. The number of aromatic amines is 1. The first-order chi connectivity index (χ1) is 11.0. The molecule has 2 aromatic rings. The molecule has 0 amide bonds. The van der Waals surface area contributed by atoms with Crippen LogP contribution in [-0.2, 0) is 6.54 Å². The van der Waals surface area contributed by atoms with Crippen LogP contribution in [0.3, 0.4) is 0 Å². The summed E-state index contributed by atoms with van der Waals surface area (Å²) in [7, 11) is 0. The van der Waals surface area contributed by atoms with Crippen LogP contribution in [0, 0.1) is 6.92 Å². The molecule has 1 aliphatic heterocycles. The molecule has 0 saturated heterocycles. The molecule has 1 aliphatic rings. The van der Waals surface area contributed by atoms with Crippen molar-refractivity contribution in [1.82, 2.24) is 9.78 Å². The number of H-pyrrole nitrogens is 1. The number of fused-ring (bicyclic) bond motifs is 1. The van der Waals surface area contributed by atoms with Crippen LogP contribution in [0.5, 0.6) is 0 Å². The number of aromatic nitrogens is 2. The first-order valence-electron chi connectivity index (χ1n) is 7.33. The van der Waals surface area contributed by atoms with Gasteiger partial charge < -0.3 is 5.10 Å². The van der Waals surface area contributed by atoms with Crippen molar-refractivity contribution in [3.63, 3.8) is 0 Å². The standard InChI is InChI=1S/C16H16N2O3S2/c1-3-18-15(20)13(8-17-18)23-16(21)10-4-5-12-14(9(10)2)11(19)6-7-22-12/h4-5,8,17H,3,6-7H2,1-2H3. The van der Waals surface area contributed by atoms with Gasteiger partial charge in [0.25, 0.3) is 5.56 Å². The van der Waals surface area contributed by atoms with Crippen molar-refractivity contribution in [3.05, 3.63) is 45.4 Å². The zero-order valence-electron chi connectivity index (χ0n) is 12.8. The topological polar surface area (TPSA) is 71.9 Å². The summed E-state index contributed by atoms with van der Waals surface area (Å²) in [6.07, 6.45) is 2.05. The van der Waals surface area contributed by atoms with Gasteiger partial charge in [0.2, 0.25) is 5.12 Å². The smallest absolute Gasteiger partial charge is 0.280 e. The molecule has 0 unspecified atom stereocenters. The highest BCUT2D eigenvalue weighted by atomic mass is 32.2. The minimum absolute atomic E-state index is 0.0888. The number of hydrogen-bond donors (Lipinski definition) is 1. The summed E-state index contributed by atoms with van der Waals surface area (Å²) in [4.78, 5) is 38.1. The maximum atomic E-state index is 12.6. The van der Waals surface area contributed by atoms with Crippen molar-refractivity contribution in [1.29, 1.82) is 0 Å². The van der Waals surface area contributed by atoms with Crippen LogP contribution in [0.2, 0.25) is 0 Å². The van der Waals surface area contributed by atoms with E-state index in [2.05, 4.69) is 5.10 Å². The molecule has 0 aliphatic carbocycles. The summed E-state index contributed by atoms with van der Waals surface area (Å²) in [6.45, 7) is 4.18. The summed E-state index contributed by atoms with van der Waals surface area (Å²) in [5.41, 5.74) is 1.66. The van der Waals surface area contributed by atoms with Crippen molar-refractivity contribution in [3.8, 4) is 0 Å². The average molecular weight is 348 g/mol. The number of thioether (sulfide) groups is 2. The van der Waals surface area contributed by atoms with E-state index in [0.717, 1.165) is 22.4 Å². The van der Waals surface area contributed by atoms with E-state index in [-0.39, 0.29) is 16.5 Å². The van der Waals surface area contributed by atoms with E-state index in [4.69, 9.17) is 0 Å². The molecule has 5 nitrogen and oxygen atoms in total. The zero-order chi connectivity index (χ0) is 16.6. The Labute approximate surface area is 141 Å². The number of benzene rings is 1. The summed E-state index contributed by atoms with van der Waals surface area (Å²) in [5.74, 6) is 0.874. The lowest BCUT2D eigenvalue weighted by molar-refractivity contribution is 0.0984. The number of nitrogens with one attached hydrogen (secondary N) is 1. The highest BCUT2D eigenvalue weighted by molar-refractivity contribution is 8.14. The van der Waals surface area contributed by atoms with Crippen LogP contribution in [0.1, 0.15) is 39.6 Å². The fraction of sp³-hybridized carbons (Fsp3) is 0.312. The van der Waals surface area contributed by atoms with Gasteiger partial charge in [0.05, 0.1) is 4.90 Å². The number of nitrogens with zero attached hydrogens (tertiary/aromatic N) is 1. The second-order valence-corrected chi connectivity index (χ2v) is 7.36. The van der Waals surface area contributed by atoms with Crippen LogP contribution in [0.25, 0.3) is 0 Å². The third-order valence-electron chi connectivity index (χ3n) is 3.84. The number of aryl methyl sites for hydroxylation is 1. The maximum Gasteiger partial charge on any atom is 0.280 e. The molecule has 0 fully saturated rings. The van der Waals surface area contributed by atoms with Crippen LogP contribution in [0.15, 0.2) is 32.9 Å². The third kappa shape index (κ3) is 2.90. The predicted molar refractivity (Wildman–Crippen MR) is 91.8 cm³/mol. The highest BCUT2D eigenvalue weighted by Crippen LogP contribution is 2.34. The van der Waals surface area contributed by atoms with Crippen LogP contribution in [-0.4, -0.2) is 26.4 Å². The Morgan fingerprint density at radius 1 is 1.39 bits per heavy atom. The minimum Gasteiger partial charge on any atom is -0.302 e. The van der Waals surface area contributed by atoms with Crippen LogP contribution >= 0.6 is 23.5 Å². The summed E-state index contributed by atoms with van der Waals surface area (Å²) in [6, 6.07) is 3.58. The molecule has 7 heteroatoms. The van der Waals surface area contributed by atoms with Gasteiger partial charge in [-0.15, -0.1) is 11.8 Å². The van der Waals surface area contributed by atoms with Crippen molar-refractivity contribution >= 4 is 34.4 Å². The molecule has 0 radical (unpaired) electrons. The van der Waals surface area contributed by atoms with E-state index in [1.54, 1.807) is 30.9 Å². The largest absolute Gasteiger partial charge is 0.302 e. The molecule has 1 N–H and O–H groups in total. The molecular formula is C16H16N2O3S2. The Balaban J connectivity index is 1.94. The first kappa shape index (κ1) is 16.1. The fourth-order valence-electron chi connectivity index (χ4n) is 2.61. The van der Waals surface area contributed by atoms with Gasteiger partial charge in [-0.1, -0.05) is 0 Å². The van der Waals surface area contributed by atoms with Crippen LogP contribution in [0.4, 0.5) is 0 Å². The van der Waals surface area contributed by atoms with E-state index in [1.165, 1.54) is 4.68 Å². The second kappa shape index (κ2) is 6.41. The predicted octanol–water partition coefficient (Wildman–Crippen LogP) is 3.12. The van der Waals surface area contributed by atoms with Gasteiger partial charge in [0, 0.05) is 40.9 Å². The van der Waals surface area contributed by atoms with Gasteiger partial charge in [0.1, 0.15) is 0 Å². The molecule has 2 heterocycles. The third-order valence-corrected chi connectivity index (χ3v) is 5.82. The number of Topliss-reactive ketones (excluding diaryl/α,β-unsaturated/α-hetero) is 1. The second-order valence-electron chi connectivity index (χ2n) is 5.21. The molecule has 0 saturated carbocycles. The SMILES string of the molecule is CCn1[nH]cc(SC(=O)c2ccc3c(c2C)C(=O)CCS3)c1=O. The van der Waals surface area contributed by atoms with Crippen molar-refractivity contribution < 1.29 is 9.59 Å². The Hall–Kier alpha value is -1.73. The zero-order valence-corrected chi connectivity index (χ0v) is 14.5. The van der Waals surface area contributed by atoms with Gasteiger partial charge in [-0.25, -0.2) is 0 Å². The van der Waals surface area contributed by atoms with E-state index < -0.39 is 0 Å². The average Bonchev–Trinajstić information content (AvgIpc) is 2.88. The Morgan fingerprint density at radius 3 is 2.87 bits per heavy atom. The summed E-state index contributed by atoms with van der Waals surface area (Å²) >= 11 is 2.55. The number of carbonyl (C=O) groups excluding carboxylic acids is 2. The molecule has 3 rings (SSSR count). The van der Waals surface area contributed by atoms with Gasteiger partial charge in [0.15, 0.2) is 5.78 Å². The highest BCUT2D eigenvalue weighted by Gasteiger charge is 2.24. The maximum absolute atomic E-state index is 12.6. The molecule has 1 aromatic carbocycles. The molecule has 1 aromatic heterocycles.